The third-order valence-corrected chi connectivity index (χ3v) is 3.22. The number of nitriles is 1. The van der Waals surface area contributed by atoms with Gasteiger partial charge in [0.15, 0.2) is 0 Å². The summed E-state index contributed by atoms with van der Waals surface area (Å²) in [5, 5.41) is 18.9. The maximum Gasteiger partial charge on any atom is 0.207 e. The molecule has 1 aliphatic rings. The molecule has 0 atom stereocenters. The Morgan fingerprint density at radius 3 is 2.53 bits per heavy atom. The van der Waals surface area contributed by atoms with Gasteiger partial charge in [0.1, 0.15) is 6.34 Å². The Balaban J connectivity index is 2.03. The van der Waals surface area contributed by atoms with Crippen molar-refractivity contribution in [2.24, 2.45) is 4.99 Å². The van der Waals surface area contributed by atoms with Gasteiger partial charge < -0.3 is 10.0 Å². The van der Waals surface area contributed by atoms with Gasteiger partial charge in [0.05, 0.1) is 5.60 Å². The number of aliphatic imine (C=N–C) groups is 1. The molecule has 0 spiro atoms. The van der Waals surface area contributed by atoms with Gasteiger partial charge in [-0.25, -0.2) is 0 Å². The molecule has 1 heterocycles. The molecule has 0 aliphatic carbocycles. The first-order valence-corrected chi connectivity index (χ1v) is 5.69. The molecular formula is C13H15N3O. The number of benzene rings is 1. The summed E-state index contributed by atoms with van der Waals surface area (Å²) in [5.41, 5.74) is 0.231. The van der Waals surface area contributed by atoms with Gasteiger partial charge >= 0.3 is 0 Å². The van der Waals surface area contributed by atoms with Crippen molar-refractivity contribution in [3.8, 4) is 6.19 Å². The monoisotopic (exact) mass is 229 g/mol. The normalized spacial score (nSPS) is 19.2. The first-order valence-electron chi connectivity index (χ1n) is 5.69. The van der Waals surface area contributed by atoms with Gasteiger partial charge in [0.2, 0.25) is 6.19 Å². The van der Waals surface area contributed by atoms with Crippen LogP contribution in [-0.4, -0.2) is 29.4 Å². The van der Waals surface area contributed by atoms with E-state index in [0.717, 1.165) is 18.7 Å². The summed E-state index contributed by atoms with van der Waals surface area (Å²) < 4.78 is 0. The van der Waals surface area contributed by atoms with E-state index in [1.165, 1.54) is 0 Å². The van der Waals surface area contributed by atoms with Gasteiger partial charge in [-0.3, -0.25) is 0 Å². The van der Waals surface area contributed by atoms with Crippen LogP contribution in [0, 0.1) is 11.5 Å². The van der Waals surface area contributed by atoms with Gasteiger partial charge in [0.25, 0.3) is 0 Å². The van der Waals surface area contributed by atoms with Crippen molar-refractivity contribution in [2.75, 3.05) is 13.1 Å². The molecule has 2 rings (SSSR count). The SMILES string of the molecule is N#CN=CN1CCC(O)(c2ccccc2)CC1. The summed E-state index contributed by atoms with van der Waals surface area (Å²) in [6, 6.07) is 9.74. The van der Waals surface area contributed by atoms with E-state index in [4.69, 9.17) is 5.26 Å². The molecule has 1 aromatic carbocycles. The highest BCUT2D eigenvalue weighted by atomic mass is 16.3. The minimum absolute atomic E-state index is 0.661. The number of piperidine rings is 1. The fraction of sp³-hybridized carbons (Fsp3) is 0.385. The van der Waals surface area contributed by atoms with Crippen LogP contribution in [0.2, 0.25) is 0 Å². The Morgan fingerprint density at radius 1 is 1.29 bits per heavy atom. The van der Waals surface area contributed by atoms with Crippen LogP contribution in [0.1, 0.15) is 18.4 Å². The third kappa shape index (κ3) is 2.63. The number of hydrogen-bond donors (Lipinski definition) is 1. The minimum atomic E-state index is -0.738. The Morgan fingerprint density at radius 2 is 1.94 bits per heavy atom. The molecule has 17 heavy (non-hydrogen) atoms. The number of hydrogen-bond acceptors (Lipinski definition) is 3. The molecule has 0 saturated carbocycles. The van der Waals surface area contributed by atoms with E-state index in [9.17, 15) is 5.11 Å². The van der Waals surface area contributed by atoms with Crippen molar-refractivity contribution in [1.29, 1.82) is 5.26 Å². The number of nitrogens with zero attached hydrogens (tertiary/aromatic N) is 3. The van der Waals surface area contributed by atoms with E-state index in [1.807, 2.05) is 35.2 Å². The molecule has 0 aromatic heterocycles. The second-order valence-corrected chi connectivity index (χ2v) is 4.28. The fourth-order valence-corrected chi connectivity index (χ4v) is 2.15. The van der Waals surface area contributed by atoms with Gasteiger partial charge in [-0.1, -0.05) is 30.3 Å². The molecule has 0 unspecified atom stereocenters. The number of aliphatic hydroxyl groups is 1. The van der Waals surface area contributed by atoms with Crippen LogP contribution < -0.4 is 0 Å². The minimum Gasteiger partial charge on any atom is -0.385 e. The molecule has 0 amide bonds. The molecule has 1 saturated heterocycles. The second kappa shape index (κ2) is 4.98. The number of likely N-dealkylation sites (tertiary alicyclic amines) is 1. The van der Waals surface area contributed by atoms with E-state index in [2.05, 4.69) is 4.99 Å². The Hall–Kier alpha value is -1.86. The largest absolute Gasteiger partial charge is 0.385 e. The van der Waals surface area contributed by atoms with Crippen molar-refractivity contribution >= 4 is 6.34 Å². The summed E-state index contributed by atoms with van der Waals surface area (Å²) in [7, 11) is 0. The van der Waals surface area contributed by atoms with Crippen LogP contribution in [-0.2, 0) is 5.60 Å². The standard InChI is InChI=1S/C13H15N3O/c14-10-15-11-16-8-6-13(17,7-9-16)12-4-2-1-3-5-12/h1-5,11,17H,6-9H2. The molecule has 4 heteroatoms. The van der Waals surface area contributed by atoms with Crippen molar-refractivity contribution in [3.05, 3.63) is 35.9 Å². The lowest BCUT2D eigenvalue weighted by atomic mass is 9.85. The molecule has 0 bridgehead atoms. The highest BCUT2D eigenvalue weighted by molar-refractivity contribution is 5.56. The Labute approximate surface area is 101 Å². The molecule has 1 N–H and O–H groups in total. The van der Waals surface area contributed by atoms with Crippen LogP contribution in [0.5, 0.6) is 0 Å². The fourth-order valence-electron chi connectivity index (χ4n) is 2.15. The topological polar surface area (TPSA) is 59.6 Å². The summed E-state index contributed by atoms with van der Waals surface area (Å²) in [5.74, 6) is 0. The second-order valence-electron chi connectivity index (χ2n) is 4.28. The van der Waals surface area contributed by atoms with E-state index < -0.39 is 5.60 Å². The van der Waals surface area contributed by atoms with Gasteiger partial charge in [-0.05, 0) is 18.4 Å². The quantitative estimate of drug-likeness (QED) is 0.474. The smallest absolute Gasteiger partial charge is 0.207 e. The highest BCUT2D eigenvalue weighted by Crippen LogP contribution is 2.32. The van der Waals surface area contributed by atoms with Crippen molar-refractivity contribution in [1.82, 2.24) is 4.90 Å². The third-order valence-electron chi connectivity index (χ3n) is 3.22. The maximum atomic E-state index is 10.5. The summed E-state index contributed by atoms with van der Waals surface area (Å²) >= 11 is 0. The first kappa shape index (κ1) is 11.6. The summed E-state index contributed by atoms with van der Waals surface area (Å²) in [6.07, 6.45) is 4.60. The van der Waals surface area contributed by atoms with Gasteiger partial charge in [-0.2, -0.15) is 10.3 Å². The van der Waals surface area contributed by atoms with Crippen molar-refractivity contribution in [3.63, 3.8) is 0 Å². The lowest BCUT2D eigenvalue weighted by Crippen LogP contribution is -2.41. The zero-order valence-electron chi connectivity index (χ0n) is 9.58. The van der Waals surface area contributed by atoms with E-state index in [-0.39, 0.29) is 0 Å². The Kier molecular flexibility index (Phi) is 3.40. The molecule has 1 fully saturated rings. The average molecular weight is 229 g/mol. The van der Waals surface area contributed by atoms with Crippen LogP contribution in [0.15, 0.2) is 35.3 Å². The van der Waals surface area contributed by atoms with Crippen LogP contribution >= 0.6 is 0 Å². The molecule has 88 valence electrons. The molecular weight excluding hydrogens is 214 g/mol. The summed E-state index contributed by atoms with van der Waals surface area (Å²) in [4.78, 5) is 5.50. The van der Waals surface area contributed by atoms with Crippen LogP contribution in [0.4, 0.5) is 0 Å². The Bertz CT molecular complexity index is 428. The molecule has 4 nitrogen and oxygen atoms in total. The van der Waals surface area contributed by atoms with E-state index in [1.54, 1.807) is 12.5 Å². The maximum absolute atomic E-state index is 10.5. The molecule has 1 aromatic rings. The van der Waals surface area contributed by atoms with E-state index >= 15 is 0 Å². The highest BCUT2D eigenvalue weighted by Gasteiger charge is 2.32. The van der Waals surface area contributed by atoms with Crippen LogP contribution in [0.25, 0.3) is 0 Å². The van der Waals surface area contributed by atoms with Crippen LogP contribution in [0.3, 0.4) is 0 Å². The lowest BCUT2D eigenvalue weighted by molar-refractivity contribution is -0.0113. The zero-order chi connectivity index (χ0) is 12.1. The number of rotatable bonds is 2. The predicted molar refractivity (Wildman–Crippen MR) is 65.3 cm³/mol. The lowest BCUT2D eigenvalue weighted by Gasteiger charge is -2.37. The van der Waals surface area contributed by atoms with Gasteiger partial charge in [-0.15, -0.1) is 0 Å². The molecule has 1 aliphatic heterocycles. The van der Waals surface area contributed by atoms with Gasteiger partial charge in [0, 0.05) is 13.1 Å². The first-order chi connectivity index (χ1) is 8.24. The van der Waals surface area contributed by atoms with Crippen molar-refractivity contribution in [2.45, 2.75) is 18.4 Å². The predicted octanol–water partition coefficient (Wildman–Crippen LogP) is 1.48. The van der Waals surface area contributed by atoms with E-state index in [0.29, 0.717) is 12.8 Å². The van der Waals surface area contributed by atoms with Crippen molar-refractivity contribution < 1.29 is 5.11 Å². The average Bonchev–Trinajstić information content (AvgIpc) is 2.39. The zero-order valence-corrected chi connectivity index (χ0v) is 9.58. The molecule has 0 radical (unpaired) electrons. The summed E-state index contributed by atoms with van der Waals surface area (Å²) in [6.45, 7) is 1.44.